The number of aromatic nitrogens is 2. The fraction of sp³-hybridized carbons (Fsp3) is 0.468. The van der Waals surface area contributed by atoms with Gasteiger partial charge in [-0.3, -0.25) is 38.6 Å². The first-order valence-corrected chi connectivity index (χ1v) is 23.2. The number of aliphatic hydroxyl groups excluding tert-OH is 1. The second-order valence-corrected chi connectivity index (χ2v) is 17.9. The van der Waals surface area contributed by atoms with Gasteiger partial charge in [0.1, 0.15) is 30.2 Å². The number of benzene rings is 2. The van der Waals surface area contributed by atoms with Crippen molar-refractivity contribution in [3.8, 4) is 0 Å². The van der Waals surface area contributed by atoms with Crippen LogP contribution < -0.4 is 49.5 Å². The average molecular weight is 972 g/mol. The van der Waals surface area contributed by atoms with Gasteiger partial charge in [0, 0.05) is 66.6 Å². The number of hydrogen-bond acceptors (Lipinski definition) is 11. The number of nitrogens with one attached hydrogen (secondary N) is 7. The highest BCUT2D eigenvalue weighted by Crippen LogP contribution is 2.23. The van der Waals surface area contributed by atoms with E-state index in [4.69, 9.17) is 22.9 Å². The summed E-state index contributed by atoms with van der Waals surface area (Å²) in [6.07, 6.45) is 1.82. The van der Waals surface area contributed by atoms with Crippen LogP contribution >= 0.6 is 0 Å². The molecule has 0 unspecified atom stereocenters. The first kappa shape index (κ1) is 53.4. The van der Waals surface area contributed by atoms with E-state index >= 15 is 0 Å². The highest BCUT2D eigenvalue weighted by molar-refractivity contribution is 5.98. The van der Waals surface area contributed by atoms with Gasteiger partial charge >= 0.3 is 5.97 Å². The van der Waals surface area contributed by atoms with Gasteiger partial charge in [-0.15, -0.1) is 0 Å². The zero-order chi connectivity index (χ0) is 51.2. The van der Waals surface area contributed by atoms with Gasteiger partial charge in [-0.1, -0.05) is 50.2 Å². The molecular weight excluding hydrogens is 907 g/mol. The Labute approximate surface area is 403 Å². The number of hydrogen-bond donors (Lipinski definition) is 13. The van der Waals surface area contributed by atoms with Gasteiger partial charge in [-0.2, -0.15) is 0 Å². The third-order valence-corrected chi connectivity index (χ3v) is 12.2. The van der Waals surface area contributed by atoms with E-state index in [-0.39, 0.29) is 69.9 Å². The Bertz CT molecular complexity index is 2550. The SMILES string of the molecule is CC(C)[C@H](N)C(=O)N[C@@H](CCC(N)=O)C(=O)N[C@@H](Cc1c[nH]c2ccccc12)C(=O)N[C@@H](Cc1c[nH]c2ccccc12)C(=O)N[C@@H](CCCN=C(N)N)C(=O)N1CCC[C@H]1C(=O)N[C@H](C(=O)O)[C@@H](C)O. The average Bonchev–Trinajstić information content (AvgIpc) is 4.08. The van der Waals surface area contributed by atoms with Crippen LogP contribution in [0.5, 0.6) is 0 Å². The number of primary amides is 1. The number of aliphatic hydroxyl groups is 1. The standard InChI is InChI=1S/C47H65N13O10/c1-24(2)38(49)44(67)55-32(16-17-37(48)62)40(63)57-35(21-27-23-54-31-13-7-5-11-29(27)31)42(65)58-34(20-26-22-53-30-12-6-4-10-28(26)30)41(64)56-33(14-8-18-52-47(50)51)45(68)60-19-9-15-36(60)43(66)59-39(25(3)61)46(69)70/h4-7,10-13,22-25,32-36,38-39,53-54,61H,8-9,14-21,49H2,1-3H3,(H2,48,62)(H,55,67)(H,56,64)(H,57,63)(H,58,65)(H,59,66)(H,69,70)(H4,50,51,52)/t25-,32+,33+,34+,35+,36+,38+,39+/m1/s1. The molecule has 1 aliphatic heterocycles. The first-order valence-electron chi connectivity index (χ1n) is 23.2. The molecule has 1 aliphatic rings. The largest absolute Gasteiger partial charge is 0.480 e. The van der Waals surface area contributed by atoms with Crippen LogP contribution in [0, 0.1) is 5.92 Å². The predicted octanol–water partition coefficient (Wildman–Crippen LogP) is -1.38. The number of nitrogens with two attached hydrogens (primary N) is 4. The van der Waals surface area contributed by atoms with Gasteiger partial charge in [0.25, 0.3) is 0 Å². The lowest BCUT2D eigenvalue weighted by Crippen LogP contribution is -2.60. The Balaban J connectivity index is 1.50. The van der Waals surface area contributed by atoms with Crippen molar-refractivity contribution in [3.63, 3.8) is 0 Å². The number of aliphatic carboxylic acids is 1. The van der Waals surface area contributed by atoms with Gasteiger partial charge in [0.2, 0.25) is 41.4 Å². The maximum atomic E-state index is 14.8. The minimum absolute atomic E-state index is 0.0382. The van der Waals surface area contributed by atoms with E-state index in [2.05, 4.69) is 41.5 Å². The highest BCUT2D eigenvalue weighted by Gasteiger charge is 2.40. The van der Waals surface area contributed by atoms with Gasteiger partial charge in [0.05, 0.1) is 12.1 Å². The molecule has 0 radical (unpaired) electrons. The Hall–Kier alpha value is -7.53. The molecule has 0 bridgehead atoms. The highest BCUT2D eigenvalue weighted by atomic mass is 16.4. The number of carbonyl (C=O) groups excluding carboxylic acids is 7. The molecule has 4 aromatic rings. The summed E-state index contributed by atoms with van der Waals surface area (Å²) in [7, 11) is 0. The third kappa shape index (κ3) is 14.3. The topological polar surface area (TPSA) is 388 Å². The summed E-state index contributed by atoms with van der Waals surface area (Å²) in [6.45, 7) is 4.79. The van der Waals surface area contributed by atoms with Gasteiger partial charge in [0.15, 0.2) is 12.0 Å². The number of carbonyl (C=O) groups is 8. The maximum absolute atomic E-state index is 14.8. The van der Waals surface area contributed by atoms with Crippen molar-refractivity contribution in [1.82, 2.24) is 41.5 Å². The Morgan fingerprint density at radius 2 is 1.24 bits per heavy atom. The number of carboxylic acids is 1. The van der Waals surface area contributed by atoms with Crippen molar-refractivity contribution in [2.75, 3.05) is 13.1 Å². The molecule has 23 heteroatoms. The smallest absolute Gasteiger partial charge is 0.328 e. The molecule has 1 fully saturated rings. The van der Waals surface area contributed by atoms with Crippen LogP contribution in [0.2, 0.25) is 0 Å². The molecule has 0 saturated carbocycles. The molecule has 3 heterocycles. The summed E-state index contributed by atoms with van der Waals surface area (Å²) in [5, 5.41) is 34.4. The van der Waals surface area contributed by atoms with Gasteiger partial charge < -0.3 is 74.6 Å². The summed E-state index contributed by atoms with van der Waals surface area (Å²) in [5.41, 5.74) is 25.3. The Morgan fingerprint density at radius 1 is 0.729 bits per heavy atom. The van der Waals surface area contributed by atoms with Crippen LogP contribution in [0.15, 0.2) is 65.9 Å². The lowest BCUT2D eigenvalue weighted by molar-refractivity contribution is -0.147. The number of aromatic amines is 2. The summed E-state index contributed by atoms with van der Waals surface area (Å²) >= 11 is 0. The second-order valence-electron chi connectivity index (χ2n) is 17.9. The minimum atomic E-state index is -1.65. The van der Waals surface area contributed by atoms with Crippen molar-refractivity contribution >= 4 is 75.1 Å². The van der Waals surface area contributed by atoms with E-state index in [9.17, 15) is 48.6 Å². The monoisotopic (exact) mass is 971 g/mol. The molecule has 2 aromatic heterocycles. The fourth-order valence-electron chi connectivity index (χ4n) is 8.30. The molecule has 23 nitrogen and oxygen atoms in total. The van der Waals surface area contributed by atoms with E-state index in [0.717, 1.165) is 21.8 Å². The van der Waals surface area contributed by atoms with Crippen molar-refractivity contribution < 1.29 is 48.6 Å². The zero-order valence-electron chi connectivity index (χ0n) is 39.4. The van der Waals surface area contributed by atoms with Crippen LogP contribution in [0.4, 0.5) is 0 Å². The van der Waals surface area contributed by atoms with Crippen molar-refractivity contribution in [2.24, 2.45) is 33.8 Å². The molecule has 0 aliphatic carbocycles. The van der Waals surface area contributed by atoms with Crippen LogP contribution in [-0.2, 0) is 51.2 Å². The quantitative estimate of drug-likeness (QED) is 0.0207. The molecule has 70 heavy (non-hydrogen) atoms. The van der Waals surface area contributed by atoms with E-state index < -0.39 is 95.7 Å². The number of rotatable bonds is 25. The molecule has 378 valence electrons. The van der Waals surface area contributed by atoms with Crippen LogP contribution in [0.3, 0.4) is 0 Å². The number of H-pyrrole nitrogens is 2. The third-order valence-electron chi connectivity index (χ3n) is 12.2. The molecule has 2 aromatic carbocycles. The summed E-state index contributed by atoms with van der Waals surface area (Å²) in [6, 6.07) is 5.25. The number of guanidine groups is 1. The number of para-hydroxylation sites is 2. The molecule has 5 rings (SSSR count). The van der Waals surface area contributed by atoms with E-state index in [0.29, 0.717) is 17.5 Å². The predicted molar refractivity (Wildman–Crippen MR) is 259 cm³/mol. The van der Waals surface area contributed by atoms with Crippen molar-refractivity contribution in [1.29, 1.82) is 0 Å². The van der Waals surface area contributed by atoms with Crippen molar-refractivity contribution in [2.45, 2.75) is 121 Å². The molecule has 8 atom stereocenters. The summed E-state index contributed by atoms with van der Waals surface area (Å²) in [5.74, 6) is -7.35. The lowest BCUT2D eigenvalue weighted by atomic mass is 10.00. The molecule has 1 saturated heterocycles. The number of amides is 7. The zero-order valence-corrected chi connectivity index (χ0v) is 39.4. The first-order chi connectivity index (χ1) is 33.2. The van der Waals surface area contributed by atoms with E-state index in [1.165, 1.54) is 11.8 Å². The number of carboxylic acid groups (broad SMARTS) is 1. The van der Waals surface area contributed by atoms with Gasteiger partial charge in [-0.05, 0) is 68.2 Å². The number of likely N-dealkylation sites (tertiary alicyclic amines) is 1. The van der Waals surface area contributed by atoms with Gasteiger partial charge in [-0.25, -0.2) is 4.79 Å². The normalized spacial score (nSPS) is 16.5. The minimum Gasteiger partial charge on any atom is -0.480 e. The lowest BCUT2D eigenvalue weighted by Gasteiger charge is -2.31. The summed E-state index contributed by atoms with van der Waals surface area (Å²) in [4.78, 5) is 120. The van der Waals surface area contributed by atoms with Crippen LogP contribution in [0.25, 0.3) is 21.8 Å². The Kier molecular flexibility index (Phi) is 18.8. The molecule has 7 amide bonds. The number of fused-ring (bicyclic) bond motifs is 2. The maximum Gasteiger partial charge on any atom is 0.328 e. The van der Waals surface area contributed by atoms with E-state index in [1.54, 1.807) is 38.4 Å². The van der Waals surface area contributed by atoms with E-state index in [1.807, 2.05) is 36.4 Å². The molecular formula is C47H65N13O10. The molecule has 0 spiro atoms. The van der Waals surface area contributed by atoms with Crippen LogP contribution in [-0.4, -0.2) is 140 Å². The summed E-state index contributed by atoms with van der Waals surface area (Å²) < 4.78 is 0. The molecule has 17 N–H and O–H groups in total. The van der Waals surface area contributed by atoms with Crippen molar-refractivity contribution in [3.05, 3.63) is 72.1 Å². The van der Waals surface area contributed by atoms with Crippen LogP contribution in [0.1, 0.15) is 70.4 Å². The Morgan fingerprint density at radius 3 is 1.74 bits per heavy atom. The number of nitrogens with zero attached hydrogens (tertiary/aromatic N) is 2. The second kappa shape index (κ2) is 24.7. The number of aliphatic imine (C=N–C) groups is 1. The fourth-order valence-corrected chi connectivity index (χ4v) is 8.30.